The van der Waals surface area contributed by atoms with Crippen LogP contribution in [-0.4, -0.2) is 47.4 Å². The Balaban J connectivity index is 1.11. The molecule has 2 aromatic rings. The Kier molecular flexibility index (Phi) is 7.32. The van der Waals surface area contributed by atoms with Crippen LogP contribution >= 0.6 is 0 Å². The maximum Gasteiger partial charge on any atom is 0.273 e. The normalized spacial score (nSPS) is 19.3. The van der Waals surface area contributed by atoms with Crippen LogP contribution in [0.4, 0.5) is 14.5 Å². The lowest BCUT2D eigenvalue weighted by Crippen LogP contribution is -2.47. The topological polar surface area (TPSA) is 102 Å². The van der Waals surface area contributed by atoms with Gasteiger partial charge in [-0.05, 0) is 87.0 Å². The number of nitro benzene ring substituents is 1. The first kappa shape index (κ1) is 26.1. The summed E-state index contributed by atoms with van der Waals surface area (Å²) in [6.45, 7) is 1.49. The number of piperidine rings is 1. The molecule has 5 rings (SSSR count). The van der Waals surface area contributed by atoms with E-state index in [1.165, 1.54) is 12.1 Å². The smallest absolute Gasteiger partial charge is 0.273 e. The van der Waals surface area contributed by atoms with E-state index in [0.717, 1.165) is 69.6 Å². The molecule has 1 heterocycles. The van der Waals surface area contributed by atoms with Gasteiger partial charge in [0, 0.05) is 36.3 Å². The third kappa shape index (κ3) is 5.95. The van der Waals surface area contributed by atoms with E-state index in [9.17, 15) is 28.5 Å². The third-order valence-electron chi connectivity index (χ3n) is 8.20. The number of amides is 2. The highest BCUT2D eigenvalue weighted by molar-refractivity contribution is 5.95. The van der Waals surface area contributed by atoms with Crippen LogP contribution in [0.2, 0.25) is 0 Å². The van der Waals surface area contributed by atoms with Gasteiger partial charge in [-0.3, -0.25) is 19.7 Å². The molecule has 8 nitrogen and oxygen atoms in total. The first-order chi connectivity index (χ1) is 18.2. The minimum atomic E-state index is -0.808. The number of nitrogens with zero attached hydrogens (tertiary/aromatic N) is 2. The molecule has 0 bridgehead atoms. The fourth-order valence-corrected chi connectivity index (χ4v) is 5.56. The van der Waals surface area contributed by atoms with Gasteiger partial charge in [-0.15, -0.1) is 0 Å². The van der Waals surface area contributed by atoms with Crippen molar-refractivity contribution in [2.45, 2.75) is 57.4 Å². The highest BCUT2D eigenvalue weighted by Gasteiger charge is 2.39. The van der Waals surface area contributed by atoms with Crippen LogP contribution < -0.4 is 10.1 Å². The second kappa shape index (κ2) is 10.7. The predicted molar refractivity (Wildman–Crippen MR) is 135 cm³/mol. The number of carbonyl (C=O) groups is 2. The van der Waals surface area contributed by atoms with Crippen molar-refractivity contribution >= 4 is 17.5 Å². The fraction of sp³-hybridized carbons (Fsp3) is 0.500. The summed E-state index contributed by atoms with van der Waals surface area (Å²) in [5.41, 5.74) is -0.120. The van der Waals surface area contributed by atoms with Gasteiger partial charge in [-0.2, -0.15) is 0 Å². The zero-order chi connectivity index (χ0) is 26.9. The van der Waals surface area contributed by atoms with Gasteiger partial charge in [-0.1, -0.05) is 0 Å². The van der Waals surface area contributed by atoms with Crippen LogP contribution in [0.15, 0.2) is 36.4 Å². The number of non-ortho nitro benzene ring substituents is 1. The summed E-state index contributed by atoms with van der Waals surface area (Å²) < 4.78 is 33.7. The average Bonchev–Trinajstić information content (AvgIpc) is 3.74. The maximum atomic E-state index is 14.4. The Morgan fingerprint density at radius 1 is 1.00 bits per heavy atom. The quantitative estimate of drug-likeness (QED) is 0.391. The summed E-state index contributed by atoms with van der Waals surface area (Å²) in [5.74, 6) is -1.36. The number of likely N-dealkylation sites (tertiary alicyclic amines) is 1. The number of benzene rings is 2. The SMILES string of the molecule is O=C(NC1CCC2(CC1)CCN(C(=O)c1cc(F)cc([N+](=O)[O-])c1)CC2)c1ccc(OCC2CC2)c(F)c1. The summed E-state index contributed by atoms with van der Waals surface area (Å²) in [6.07, 6.45) is 7.17. The van der Waals surface area contributed by atoms with Crippen molar-refractivity contribution < 1.29 is 28.0 Å². The first-order valence-electron chi connectivity index (χ1n) is 13.2. The van der Waals surface area contributed by atoms with Crippen molar-refractivity contribution in [2.75, 3.05) is 19.7 Å². The van der Waals surface area contributed by atoms with Gasteiger partial charge in [-0.25, -0.2) is 8.78 Å². The largest absolute Gasteiger partial charge is 0.490 e. The van der Waals surface area contributed by atoms with Crippen molar-refractivity contribution in [1.82, 2.24) is 10.2 Å². The van der Waals surface area contributed by atoms with Gasteiger partial charge < -0.3 is 15.0 Å². The molecule has 1 spiro atoms. The lowest BCUT2D eigenvalue weighted by molar-refractivity contribution is -0.385. The van der Waals surface area contributed by atoms with Gasteiger partial charge in [0.25, 0.3) is 17.5 Å². The molecule has 0 radical (unpaired) electrons. The van der Waals surface area contributed by atoms with Gasteiger partial charge >= 0.3 is 0 Å². The van der Waals surface area contributed by atoms with Crippen molar-refractivity contribution in [3.63, 3.8) is 0 Å². The minimum Gasteiger partial charge on any atom is -0.490 e. The van der Waals surface area contributed by atoms with Gasteiger partial charge in [0.2, 0.25) is 0 Å². The fourth-order valence-electron chi connectivity index (χ4n) is 5.56. The molecule has 2 saturated carbocycles. The van der Waals surface area contributed by atoms with Gasteiger partial charge in [0.05, 0.1) is 17.6 Å². The number of hydrogen-bond donors (Lipinski definition) is 1. The molecule has 1 N–H and O–H groups in total. The zero-order valence-corrected chi connectivity index (χ0v) is 21.1. The molecule has 2 aliphatic carbocycles. The Labute approximate surface area is 219 Å². The molecular formula is C28H31F2N3O5. The van der Waals surface area contributed by atoms with E-state index in [1.807, 2.05) is 0 Å². The molecular weight excluding hydrogens is 496 g/mol. The van der Waals surface area contributed by atoms with Crippen molar-refractivity contribution in [1.29, 1.82) is 0 Å². The Morgan fingerprint density at radius 3 is 2.34 bits per heavy atom. The summed E-state index contributed by atoms with van der Waals surface area (Å²) in [6, 6.07) is 7.27. The third-order valence-corrected chi connectivity index (χ3v) is 8.20. The molecule has 3 aliphatic rings. The Hall–Kier alpha value is -3.56. The molecule has 2 amide bonds. The lowest BCUT2D eigenvalue weighted by atomic mass is 9.67. The van der Waals surface area contributed by atoms with Crippen molar-refractivity contribution in [2.24, 2.45) is 11.3 Å². The second-order valence-electron chi connectivity index (χ2n) is 10.9. The van der Waals surface area contributed by atoms with E-state index in [-0.39, 0.29) is 34.2 Å². The maximum absolute atomic E-state index is 14.4. The Bertz CT molecular complexity index is 1230. The monoisotopic (exact) mass is 527 g/mol. The van der Waals surface area contributed by atoms with Gasteiger partial charge in [0.1, 0.15) is 5.82 Å². The number of rotatable bonds is 7. The average molecular weight is 528 g/mol. The summed E-state index contributed by atoms with van der Waals surface area (Å²) >= 11 is 0. The molecule has 202 valence electrons. The van der Waals surface area contributed by atoms with E-state index in [2.05, 4.69) is 5.32 Å². The lowest BCUT2D eigenvalue weighted by Gasteiger charge is -2.46. The van der Waals surface area contributed by atoms with E-state index in [0.29, 0.717) is 25.6 Å². The van der Waals surface area contributed by atoms with Crippen molar-refractivity contribution in [3.8, 4) is 5.75 Å². The standard InChI is InChI=1S/C28H31F2N3O5/c29-21-13-20(14-23(16-21)33(36)37)27(35)32-11-9-28(10-12-32)7-5-22(6-8-28)31-26(34)19-3-4-25(24(30)15-19)38-17-18-1-2-18/h3-4,13-16,18,22H,1-2,5-12,17H2,(H,31,34). The molecule has 2 aromatic carbocycles. The zero-order valence-electron chi connectivity index (χ0n) is 21.1. The number of halogens is 2. The number of nitro groups is 1. The Morgan fingerprint density at radius 2 is 1.71 bits per heavy atom. The summed E-state index contributed by atoms with van der Waals surface area (Å²) in [7, 11) is 0. The number of ether oxygens (including phenoxy) is 1. The van der Waals surface area contributed by atoms with E-state index < -0.39 is 28.2 Å². The van der Waals surface area contributed by atoms with Gasteiger partial charge in [0.15, 0.2) is 11.6 Å². The van der Waals surface area contributed by atoms with Crippen LogP contribution in [0.1, 0.15) is 72.1 Å². The molecule has 1 saturated heterocycles. The highest BCUT2D eigenvalue weighted by atomic mass is 19.1. The minimum absolute atomic E-state index is 0.00511. The highest BCUT2D eigenvalue weighted by Crippen LogP contribution is 2.45. The van der Waals surface area contributed by atoms with Crippen LogP contribution in [0, 0.1) is 33.1 Å². The van der Waals surface area contributed by atoms with E-state index in [4.69, 9.17) is 4.74 Å². The number of hydrogen-bond acceptors (Lipinski definition) is 5. The summed E-state index contributed by atoms with van der Waals surface area (Å²) in [4.78, 5) is 37.5. The van der Waals surface area contributed by atoms with Crippen LogP contribution in [-0.2, 0) is 0 Å². The molecule has 3 fully saturated rings. The first-order valence-corrected chi connectivity index (χ1v) is 13.2. The summed E-state index contributed by atoms with van der Waals surface area (Å²) in [5, 5.41) is 14.1. The molecule has 38 heavy (non-hydrogen) atoms. The predicted octanol–water partition coefficient (Wildman–Crippen LogP) is 5.26. The molecule has 1 aliphatic heterocycles. The van der Waals surface area contributed by atoms with E-state index in [1.54, 1.807) is 11.0 Å². The van der Waals surface area contributed by atoms with Crippen LogP contribution in [0.3, 0.4) is 0 Å². The van der Waals surface area contributed by atoms with E-state index >= 15 is 0 Å². The molecule has 0 atom stereocenters. The van der Waals surface area contributed by atoms with Crippen molar-refractivity contribution in [3.05, 3.63) is 69.3 Å². The number of nitrogens with one attached hydrogen (secondary N) is 1. The second-order valence-corrected chi connectivity index (χ2v) is 10.9. The van der Waals surface area contributed by atoms with Crippen LogP contribution in [0.25, 0.3) is 0 Å². The molecule has 0 aromatic heterocycles. The van der Waals surface area contributed by atoms with Crippen LogP contribution in [0.5, 0.6) is 5.75 Å². The molecule has 10 heteroatoms. The molecule has 0 unspecified atom stereocenters. The number of carbonyl (C=O) groups excluding carboxylic acids is 2.